The van der Waals surface area contributed by atoms with E-state index in [0.29, 0.717) is 27.6 Å². The van der Waals surface area contributed by atoms with Gasteiger partial charge in [-0.15, -0.1) is 0 Å². The van der Waals surface area contributed by atoms with E-state index in [2.05, 4.69) is 6.58 Å². The van der Waals surface area contributed by atoms with Crippen LogP contribution in [0.5, 0.6) is 11.5 Å². The first-order valence-corrected chi connectivity index (χ1v) is 9.73. The van der Waals surface area contributed by atoms with Crippen molar-refractivity contribution in [3.63, 3.8) is 0 Å². The molecule has 1 saturated heterocycles. The second kappa shape index (κ2) is 9.15. The highest BCUT2D eigenvalue weighted by molar-refractivity contribution is 8.18. The standard InChI is InChI=1S/C21H17ClFNO4S/c1-3-8-28-19-16(22)9-14(10-17(19)27-2)11-18-20(25)24(21(26)29-18)12-13-4-6-15(23)7-5-13/h3-7,9-11H,1,8,12H2,2H3/b18-11+. The van der Waals surface area contributed by atoms with Crippen molar-refractivity contribution >= 4 is 40.6 Å². The van der Waals surface area contributed by atoms with Crippen LogP contribution in [0.15, 0.2) is 54.0 Å². The zero-order chi connectivity index (χ0) is 21.0. The fourth-order valence-electron chi connectivity index (χ4n) is 2.67. The Hall–Kier alpha value is -2.77. The number of hydrogen-bond acceptors (Lipinski definition) is 5. The van der Waals surface area contributed by atoms with E-state index in [-0.39, 0.29) is 23.9 Å². The van der Waals surface area contributed by atoms with Gasteiger partial charge in [-0.2, -0.15) is 0 Å². The summed E-state index contributed by atoms with van der Waals surface area (Å²) in [6.45, 7) is 3.92. The molecular formula is C21H17ClFNO4S. The average Bonchev–Trinajstić information content (AvgIpc) is 2.95. The number of hydrogen-bond donors (Lipinski definition) is 0. The number of carbonyl (C=O) groups excluding carboxylic acids is 2. The van der Waals surface area contributed by atoms with E-state index in [0.717, 1.165) is 16.7 Å². The lowest BCUT2D eigenvalue weighted by atomic mass is 10.1. The second-order valence-electron chi connectivity index (χ2n) is 6.03. The zero-order valence-electron chi connectivity index (χ0n) is 15.5. The topological polar surface area (TPSA) is 55.8 Å². The summed E-state index contributed by atoms with van der Waals surface area (Å²) in [6, 6.07) is 8.93. The van der Waals surface area contributed by atoms with E-state index in [4.69, 9.17) is 21.1 Å². The Balaban J connectivity index is 1.84. The highest BCUT2D eigenvalue weighted by Gasteiger charge is 2.35. The molecule has 0 radical (unpaired) electrons. The summed E-state index contributed by atoms with van der Waals surface area (Å²) in [6.07, 6.45) is 3.15. The van der Waals surface area contributed by atoms with Crippen molar-refractivity contribution in [1.29, 1.82) is 0 Å². The molecule has 2 aromatic rings. The molecule has 1 heterocycles. The Morgan fingerprint density at radius 2 is 1.97 bits per heavy atom. The quantitative estimate of drug-likeness (QED) is 0.438. The van der Waals surface area contributed by atoms with Crippen LogP contribution in [0, 0.1) is 5.82 Å². The number of methoxy groups -OCH3 is 1. The Labute approximate surface area is 176 Å². The molecule has 1 aliphatic rings. The minimum atomic E-state index is -0.425. The first kappa shape index (κ1) is 21.0. The number of ether oxygens (including phenoxy) is 2. The molecule has 1 fully saturated rings. The number of amides is 2. The number of halogens is 2. The molecule has 0 aromatic heterocycles. The molecule has 0 unspecified atom stereocenters. The van der Waals surface area contributed by atoms with E-state index in [9.17, 15) is 14.0 Å². The number of nitrogens with zero attached hydrogens (tertiary/aromatic N) is 1. The molecule has 5 nitrogen and oxygen atoms in total. The van der Waals surface area contributed by atoms with Gasteiger partial charge < -0.3 is 9.47 Å². The minimum Gasteiger partial charge on any atom is -0.493 e. The van der Waals surface area contributed by atoms with Crippen LogP contribution in [-0.2, 0) is 11.3 Å². The predicted molar refractivity (Wildman–Crippen MR) is 112 cm³/mol. The number of imide groups is 1. The van der Waals surface area contributed by atoms with E-state index >= 15 is 0 Å². The third kappa shape index (κ3) is 4.81. The van der Waals surface area contributed by atoms with E-state index in [1.54, 1.807) is 24.3 Å². The van der Waals surface area contributed by atoms with Crippen LogP contribution < -0.4 is 9.47 Å². The molecular weight excluding hydrogens is 417 g/mol. The molecule has 8 heteroatoms. The summed E-state index contributed by atoms with van der Waals surface area (Å²) >= 11 is 7.11. The number of benzene rings is 2. The van der Waals surface area contributed by atoms with Crippen molar-refractivity contribution in [2.24, 2.45) is 0 Å². The Morgan fingerprint density at radius 3 is 2.62 bits per heavy atom. The van der Waals surface area contributed by atoms with Gasteiger partial charge in [0.1, 0.15) is 12.4 Å². The molecule has 0 atom stereocenters. The van der Waals surface area contributed by atoms with Crippen LogP contribution in [-0.4, -0.2) is 29.8 Å². The maximum absolute atomic E-state index is 13.1. The summed E-state index contributed by atoms with van der Waals surface area (Å²) in [7, 11) is 1.48. The monoisotopic (exact) mass is 433 g/mol. The molecule has 1 aliphatic heterocycles. The zero-order valence-corrected chi connectivity index (χ0v) is 17.1. The number of thioether (sulfide) groups is 1. The smallest absolute Gasteiger partial charge is 0.293 e. The van der Waals surface area contributed by atoms with Gasteiger partial charge in [0.15, 0.2) is 11.5 Å². The lowest BCUT2D eigenvalue weighted by molar-refractivity contribution is -0.123. The average molecular weight is 434 g/mol. The minimum absolute atomic E-state index is 0.0701. The van der Waals surface area contributed by atoms with E-state index < -0.39 is 11.1 Å². The molecule has 0 bridgehead atoms. The van der Waals surface area contributed by atoms with Crippen molar-refractivity contribution in [2.75, 3.05) is 13.7 Å². The molecule has 2 amide bonds. The van der Waals surface area contributed by atoms with Gasteiger partial charge in [-0.05, 0) is 53.2 Å². The van der Waals surface area contributed by atoms with Crippen LogP contribution in [0.4, 0.5) is 9.18 Å². The maximum Gasteiger partial charge on any atom is 0.293 e. The molecule has 0 aliphatic carbocycles. The molecule has 0 N–H and O–H groups in total. The van der Waals surface area contributed by atoms with Crippen molar-refractivity contribution < 1.29 is 23.5 Å². The molecule has 150 valence electrons. The van der Waals surface area contributed by atoms with Crippen LogP contribution in [0.3, 0.4) is 0 Å². The highest BCUT2D eigenvalue weighted by Crippen LogP contribution is 2.39. The number of rotatable bonds is 7. The third-order valence-corrected chi connectivity index (χ3v) is 5.21. The Kier molecular flexibility index (Phi) is 6.61. The Bertz CT molecular complexity index is 991. The van der Waals surface area contributed by atoms with Crippen LogP contribution in [0.1, 0.15) is 11.1 Å². The molecule has 0 saturated carbocycles. The summed E-state index contributed by atoms with van der Waals surface area (Å²) < 4.78 is 23.9. The second-order valence-corrected chi connectivity index (χ2v) is 7.43. The first-order chi connectivity index (χ1) is 13.9. The highest BCUT2D eigenvalue weighted by atomic mass is 35.5. The predicted octanol–water partition coefficient (Wildman–Crippen LogP) is 5.29. The van der Waals surface area contributed by atoms with Crippen molar-refractivity contribution in [3.05, 3.63) is 75.9 Å². The fraction of sp³-hybridized carbons (Fsp3) is 0.143. The van der Waals surface area contributed by atoms with Gasteiger partial charge in [-0.1, -0.05) is 36.4 Å². The third-order valence-electron chi connectivity index (χ3n) is 4.02. The van der Waals surface area contributed by atoms with Crippen LogP contribution in [0.25, 0.3) is 6.08 Å². The first-order valence-electron chi connectivity index (χ1n) is 8.54. The van der Waals surface area contributed by atoms with Gasteiger partial charge in [-0.25, -0.2) is 4.39 Å². The molecule has 3 rings (SSSR count). The van der Waals surface area contributed by atoms with Crippen molar-refractivity contribution in [2.45, 2.75) is 6.54 Å². The van der Waals surface area contributed by atoms with Gasteiger partial charge >= 0.3 is 0 Å². The van der Waals surface area contributed by atoms with Gasteiger partial charge in [0.2, 0.25) is 0 Å². The lowest BCUT2D eigenvalue weighted by Crippen LogP contribution is -2.27. The molecule has 29 heavy (non-hydrogen) atoms. The van der Waals surface area contributed by atoms with Gasteiger partial charge in [-0.3, -0.25) is 14.5 Å². The van der Waals surface area contributed by atoms with E-state index in [1.165, 1.54) is 31.4 Å². The van der Waals surface area contributed by atoms with Crippen LogP contribution >= 0.6 is 23.4 Å². The SMILES string of the molecule is C=CCOc1c(Cl)cc(/C=C2/SC(=O)N(Cc3ccc(F)cc3)C2=O)cc1OC. The normalized spacial score (nSPS) is 15.1. The van der Waals surface area contributed by atoms with Crippen molar-refractivity contribution in [1.82, 2.24) is 4.90 Å². The summed E-state index contributed by atoms with van der Waals surface area (Å²) in [5.74, 6) is -0.0349. The molecule has 0 spiro atoms. The largest absolute Gasteiger partial charge is 0.493 e. The Morgan fingerprint density at radius 1 is 1.24 bits per heavy atom. The van der Waals surface area contributed by atoms with Gasteiger partial charge in [0.25, 0.3) is 11.1 Å². The summed E-state index contributed by atoms with van der Waals surface area (Å²) in [4.78, 5) is 26.3. The lowest BCUT2D eigenvalue weighted by Gasteiger charge is -2.13. The maximum atomic E-state index is 13.1. The van der Waals surface area contributed by atoms with Gasteiger partial charge in [0, 0.05) is 0 Å². The fourth-order valence-corrected chi connectivity index (χ4v) is 3.78. The van der Waals surface area contributed by atoms with Crippen molar-refractivity contribution in [3.8, 4) is 11.5 Å². The van der Waals surface area contributed by atoms with E-state index in [1.807, 2.05) is 0 Å². The summed E-state index contributed by atoms with van der Waals surface area (Å²) in [5.41, 5.74) is 1.24. The van der Waals surface area contributed by atoms with Gasteiger partial charge in [0.05, 0.1) is 23.6 Å². The van der Waals surface area contributed by atoms with Crippen LogP contribution in [0.2, 0.25) is 5.02 Å². The number of carbonyl (C=O) groups is 2. The summed E-state index contributed by atoms with van der Waals surface area (Å²) in [5, 5.41) is -0.0856. The molecule has 2 aromatic carbocycles.